The molecule has 1 N–H and O–H groups in total. The number of nitrogens with zero attached hydrogens (tertiary/aromatic N) is 3. The smallest absolute Gasteiger partial charge is 0.127 e. The normalized spacial score (nSPS) is 18.4. The zero-order chi connectivity index (χ0) is 16.2. The highest BCUT2D eigenvalue weighted by Crippen LogP contribution is 2.27. The third-order valence-electron chi connectivity index (χ3n) is 4.22. The molecule has 1 saturated heterocycles. The van der Waals surface area contributed by atoms with Crippen LogP contribution in [0.3, 0.4) is 0 Å². The van der Waals surface area contributed by atoms with E-state index in [-0.39, 0.29) is 24.6 Å². The molecule has 1 aromatic carbocycles. The Morgan fingerprint density at radius 1 is 1.33 bits per heavy atom. The van der Waals surface area contributed by atoms with Gasteiger partial charge in [-0.05, 0) is 19.9 Å². The van der Waals surface area contributed by atoms with Gasteiger partial charge in [-0.2, -0.15) is 0 Å². The molecule has 2 heterocycles. The number of nitrogens with one attached hydrogen (secondary N) is 1. The first kappa shape index (κ1) is 18.8. The maximum Gasteiger partial charge on any atom is 0.127 e. The summed E-state index contributed by atoms with van der Waals surface area (Å²) in [5, 5.41) is 3.49. The van der Waals surface area contributed by atoms with Crippen LogP contribution >= 0.6 is 12.4 Å². The average molecular weight is 351 g/mol. The molecule has 132 valence electrons. The minimum absolute atomic E-state index is 0. The van der Waals surface area contributed by atoms with Crippen molar-refractivity contribution < 1.29 is 4.74 Å². The van der Waals surface area contributed by atoms with Gasteiger partial charge in [-0.1, -0.05) is 18.2 Å². The zero-order valence-electron chi connectivity index (χ0n) is 14.6. The second-order valence-electron chi connectivity index (χ2n) is 6.36. The van der Waals surface area contributed by atoms with Crippen LogP contribution in [-0.4, -0.2) is 40.2 Å². The number of ether oxygens (including phenoxy) is 1. The van der Waals surface area contributed by atoms with Crippen molar-refractivity contribution in [1.29, 1.82) is 0 Å². The van der Waals surface area contributed by atoms with Crippen LogP contribution in [0.2, 0.25) is 0 Å². The van der Waals surface area contributed by atoms with E-state index in [1.165, 1.54) is 5.56 Å². The summed E-state index contributed by atoms with van der Waals surface area (Å²) in [6.07, 6.45) is 4.07. The molecule has 1 aromatic heterocycles. The van der Waals surface area contributed by atoms with Crippen LogP contribution in [0.5, 0.6) is 5.75 Å². The number of aromatic nitrogens is 2. The fraction of sp³-hybridized carbons (Fsp3) is 0.500. The summed E-state index contributed by atoms with van der Waals surface area (Å²) in [6, 6.07) is 8.63. The molecular weight excluding hydrogens is 324 g/mol. The highest BCUT2D eigenvalue weighted by atomic mass is 35.5. The third-order valence-corrected chi connectivity index (χ3v) is 4.22. The van der Waals surface area contributed by atoms with Crippen molar-refractivity contribution in [3.8, 4) is 5.75 Å². The number of aryl methyl sites for hydroxylation is 1. The van der Waals surface area contributed by atoms with Crippen molar-refractivity contribution in [1.82, 2.24) is 19.8 Å². The Morgan fingerprint density at radius 3 is 2.83 bits per heavy atom. The number of rotatable bonds is 5. The third kappa shape index (κ3) is 4.29. The molecule has 0 amide bonds. The van der Waals surface area contributed by atoms with Crippen LogP contribution in [0, 0.1) is 0 Å². The lowest BCUT2D eigenvalue weighted by molar-refractivity contribution is 0.141. The molecule has 3 rings (SSSR count). The second-order valence-corrected chi connectivity index (χ2v) is 6.36. The van der Waals surface area contributed by atoms with Crippen LogP contribution < -0.4 is 10.1 Å². The van der Waals surface area contributed by atoms with Gasteiger partial charge in [0.1, 0.15) is 11.6 Å². The first-order valence-corrected chi connectivity index (χ1v) is 8.31. The molecule has 0 aliphatic carbocycles. The van der Waals surface area contributed by atoms with E-state index < -0.39 is 0 Å². The summed E-state index contributed by atoms with van der Waals surface area (Å²) in [5.74, 6) is 2.10. The molecule has 1 aliphatic heterocycles. The van der Waals surface area contributed by atoms with E-state index in [0.717, 1.165) is 37.8 Å². The molecule has 5 nitrogen and oxygen atoms in total. The van der Waals surface area contributed by atoms with Gasteiger partial charge >= 0.3 is 0 Å². The number of piperazine rings is 1. The topological polar surface area (TPSA) is 42.3 Å². The molecule has 1 unspecified atom stereocenters. The number of halogens is 1. The van der Waals surface area contributed by atoms with Crippen molar-refractivity contribution in [2.24, 2.45) is 7.05 Å². The van der Waals surface area contributed by atoms with Crippen LogP contribution in [-0.2, 0) is 13.6 Å². The molecule has 1 aliphatic rings. The lowest BCUT2D eigenvalue weighted by Gasteiger charge is -2.36. The molecular formula is C18H27ClN4O. The maximum atomic E-state index is 5.97. The molecule has 1 fully saturated rings. The zero-order valence-corrected chi connectivity index (χ0v) is 15.4. The van der Waals surface area contributed by atoms with E-state index in [1.54, 1.807) is 0 Å². The van der Waals surface area contributed by atoms with E-state index in [0.29, 0.717) is 0 Å². The van der Waals surface area contributed by atoms with E-state index in [1.807, 2.05) is 18.5 Å². The quantitative estimate of drug-likeness (QED) is 0.900. The van der Waals surface area contributed by atoms with E-state index in [2.05, 4.69) is 58.9 Å². The van der Waals surface area contributed by atoms with Crippen molar-refractivity contribution in [3.63, 3.8) is 0 Å². The summed E-state index contributed by atoms with van der Waals surface area (Å²) >= 11 is 0. The van der Waals surface area contributed by atoms with Crippen LogP contribution in [0.25, 0.3) is 0 Å². The van der Waals surface area contributed by atoms with Crippen molar-refractivity contribution in [2.75, 3.05) is 19.6 Å². The molecule has 0 saturated carbocycles. The number of hydrogen-bond donors (Lipinski definition) is 1. The first-order valence-electron chi connectivity index (χ1n) is 8.31. The Kier molecular flexibility index (Phi) is 6.66. The van der Waals surface area contributed by atoms with Gasteiger partial charge in [0.15, 0.2) is 0 Å². The minimum atomic E-state index is 0. The predicted octanol–water partition coefficient (Wildman–Crippen LogP) is 2.78. The van der Waals surface area contributed by atoms with Crippen molar-refractivity contribution in [2.45, 2.75) is 32.5 Å². The van der Waals surface area contributed by atoms with Gasteiger partial charge in [0.2, 0.25) is 0 Å². The monoisotopic (exact) mass is 350 g/mol. The molecule has 24 heavy (non-hydrogen) atoms. The summed E-state index contributed by atoms with van der Waals surface area (Å²) < 4.78 is 8.09. The van der Waals surface area contributed by atoms with E-state index >= 15 is 0 Å². The molecule has 0 bridgehead atoms. The fourth-order valence-electron chi connectivity index (χ4n) is 3.11. The molecule has 1 atom stereocenters. The summed E-state index contributed by atoms with van der Waals surface area (Å²) in [7, 11) is 2.06. The maximum absolute atomic E-state index is 5.97. The predicted molar refractivity (Wildman–Crippen MR) is 98.7 cm³/mol. The number of imidazole rings is 1. The Hall–Kier alpha value is -1.56. The average Bonchev–Trinajstić information content (AvgIpc) is 2.95. The highest BCUT2D eigenvalue weighted by molar-refractivity contribution is 5.85. The van der Waals surface area contributed by atoms with Gasteiger partial charge in [-0.3, -0.25) is 4.90 Å². The van der Waals surface area contributed by atoms with Crippen LogP contribution in [0.1, 0.15) is 31.3 Å². The minimum Gasteiger partial charge on any atom is -0.491 e. The van der Waals surface area contributed by atoms with Gasteiger partial charge in [0.05, 0.1) is 12.1 Å². The SMILES string of the molecule is CC(C)Oc1ccccc1CN1CCNCC1c1nccn1C.Cl. The molecule has 0 radical (unpaired) electrons. The van der Waals surface area contributed by atoms with Gasteiger partial charge in [-0.25, -0.2) is 4.98 Å². The van der Waals surface area contributed by atoms with E-state index in [4.69, 9.17) is 4.74 Å². The largest absolute Gasteiger partial charge is 0.491 e. The Labute approximate surface area is 150 Å². The second kappa shape index (κ2) is 8.51. The number of para-hydroxylation sites is 1. The van der Waals surface area contributed by atoms with Crippen LogP contribution in [0.15, 0.2) is 36.7 Å². The van der Waals surface area contributed by atoms with Gasteiger partial charge in [0, 0.05) is 51.2 Å². The lowest BCUT2D eigenvalue weighted by Crippen LogP contribution is -2.46. The van der Waals surface area contributed by atoms with Crippen molar-refractivity contribution >= 4 is 12.4 Å². The van der Waals surface area contributed by atoms with Crippen molar-refractivity contribution in [3.05, 3.63) is 48.0 Å². The Morgan fingerprint density at radius 2 is 2.12 bits per heavy atom. The number of benzene rings is 1. The standard InChI is InChI=1S/C18H26N4O.ClH/c1-14(2)23-17-7-5-4-6-15(17)13-22-11-8-19-12-16(22)18-20-9-10-21(18)3;/h4-7,9-10,14,16,19H,8,11-13H2,1-3H3;1H. The number of hydrogen-bond acceptors (Lipinski definition) is 4. The molecule has 6 heteroatoms. The molecule has 0 spiro atoms. The summed E-state index contributed by atoms with van der Waals surface area (Å²) in [6.45, 7) is 7.96. The molecule has 2 aromatic rings. The Bertz CT molecular complexity index is 643. The summed E-state index contributed by atoms with van der Waals surface area (Å²) in [4.78, 5) is 7.04. The van der Waals surface area contributed by atoms with Crippen LogP contribution in [0.4, 0.5) is 0 Å². The highest BCUT2D eigenvalue weighted by Gasteiger charge is 2.27. The van der Waals surface area contributed by atoms with Gasteiger partial charge in [-0.15, -0.1) is 12.4 Å². The van der Waals surface area contributed by atoms with Gasteiger partial charge < -0.3 is 14.6 Å². The van der Waals surface area contributed by atoms with E-state index in [9.17, 15) is 0 Å². The summed E-state index contributed by atoms with van der Waals surface area (Å²) in [5.41, 5.74) is 1.24. The fourth-order valence-corrected chi connectivity index (χ4v) is 3.11. The first-order chi connectivity index (χ1) is 11.1. The Balaban J connectivity index is 0.00000208. The lowest BCUT2D eigenvalue weighted by atomic mass is 10.1. The van der Waals surface area contributed by atoms with Gasteiger partial charge in [0.25, 0.3) is 0 Å².